The van der Waals surface area contributed by atoms with Crippen molar-refractivity contribution in [3.8, 4) is 0 Å². The van der Waals surface area contributed by atoms with E-state index in [0.29, 0.717) is 19.0 Å². The molecular formula is C20H34N6O2. The number of aromatic nitrogens is 3. The monoisotopic (exact) mass is 390 g/mol. The Morgan fingerprint density at radius 1 is 1.32 bits per heavy atom. The molecule has 1 aromatic heterocycles. The van der Waals surface area contributed by atoms with Crippen LogP contribution in [-0.4, -0.2) is 69.1 Å². The summed E-state index contributed by atoms with van der Waals surface area (Å²) in [5.41, 5.74) is 0. The van der Waals surface area contributed by atoms with Gasteiger partial charge < -0.3 is 14.8 Å². The van der Waals surface area contributed by atoms with Gasteiger partial charge in [0.05, 0.1) is 19.0 Å². The molecule has 2 aliphatic rings. The lowest BCUT2D eigenvalue weighted by molar-refractivity contribution is -0.138. The van der Waals surface area contributed by atoms with Crippen LogP contribution in [0.2, 0.25) is 0 Å². The second-order valence-electron chi connectivity index (χ2n) is 8.51. The van der Waals surface area contributed by atoms with Crippen LogP contribution in [0.5, 0.6) is 0 Å². The molecule has 2 heterocycles. The molecule has 3 rings (SSSR count). The largest absolute Gasteiger partial charge is 0.353 e. The Morgan fingerprint density at radius 2 is 2.07 bits per heavy atom. The Labute approximate surface area is 167 Å². The topological polar surface area (TPSA) is 83.4 Å². The average Bonchev–Trinajstić information content (AvgIpc) is 3.13. The summed E-state index contributed by atoms with van der Waals surface area (Å²) in [4.78, 5) is 29.3. The molecule has 1 saturated carbocycles. The van der Waals surface area contributed by atoms with E-state index >= 15 is 0 Å². The zero-order valence-electron chi connectivity index (χ0n) is 17.4. The minimum absolute atomic E-state index is 0.0193. The van der Waals surface area contributed by atoms with Gasteiger partial charge >= 0.3 is 0 Å². The zero-order chi connectivity index (χ0) is 20.1. The minimum atomic E-state index is -0.367. The molecular weight excluding hydrogens is 356 g/mol. The van der Waals surface area contributed by atoms with Gasteiger partial charge in [-0.1, -0.05) is 19.3 Å². The van der Waals surface area contributed by atoms with E-state index in [4.69, 9.17) is 0 Å². The highest BCUT2D eigenvalue weighted by atomic mass is 16.2. The van der Waals surface area contributed by atoms with Crippen LogP contribution in [0.15, 0.2) is 6.33 Å². The molecule has 0 unspecified atom stereocenters. The fourth-order valence-electron chi connectivity index (χ4n) is 4.34. The van der Waals surface area contributed by atoms with Crippen LogP contribution >= 0.6 is 0 Å². The average molecular weight is 391 g/mol. The van der Waals surface area contributed by atoms with Gasteiger partial charge in [0.2, 0.25) is 11.8 Å². The number of carbonyl (C=O) groups excluding carboxylic acids is 2. The summed E-state index contributed by atoms with van der Waals surface area (Å²) in [6.45, 7) is 6.94. The van der Waals surface area contributed by atoms with Crippen LogP contribution in [0.25, 0.3) is 0 Å². The molecule has 1 atom stereocenters. The Balaban J connectivity index is 1.60. The Kier molecular flexibility index (Phi) is 7.04. The van der Waals surface area contributed by atoms with Crippen molar-refractivity contribution < 1.29 is 9.59 Å². The predicted molar refractivity (Wildman–Crippen MR) is 106 cm³/mol. The standard InChI is InChI=1S/C20H34N6O2/c1-15(2)26-14-22-23-18(26)13-24(3)19(27)11-17-20(28)21-9-10-25(17)12-16-7-5-4-6-8-16/h14-17H,4-13H2,1-3H3,(H,21,28)/t17-/m0/s1. The van der Waals surface area contributed by atoms with Gasteiger partial charge in [0, 0.05) is 32.7 Å². The summed E-state index contributed by atoms with van der Waals surface area (Å²) in [7, 11) is 1.77. The second kappa shape index (κ2) is 9.49. The molecule has 8 nitrogen and oxygen atoms in total. The molecule has 0 radical (unpaired) electrons. The minimum Gasteiger partial charge on any atom is -0.353 e. The van der Waals surface area contributed by atoms with Crippen LogP contribution in [0.4, 0.5) is 0 Å². The maximum atomic E-state index is 12.9. The maximum absolute atomic E-state index is 12.9. The van der Waals surface area contributed by atoms with Crippen LogP contribution in [0.1, 0.15) is 64.2 Å². The molecule has 156 valence electrons. The first kappa shape index (κ1) is 20.8. The predicted octanol–water partition coefficient (Wildman–Crippen LogP) is 1.59. The first-order valence-electron chi connectivity index (χ1n) is 10.6. The molecule has 0 spiro atoms. The summed E-state index contributed by atoms with van der Waals surface area (Å²) >= 11 is 0. The van der Waals surface area contributed by atoms with E-state index in [2.05, 4.69) is 34.3 Å². The van der Waals surface area contributed by atoms with Crippen LogP contribution < -0.4 is 5.32 Å². The van der Waals surface area contributed by atoms with Crippen molar-refractivity contribution in [1.29, 1.82) is 0 Å². The van der Waals surface area contributed by atoms with Crippen LogP contribution in [-0.2, 0) is 16.1 Å². The molecule has 1 aliphatic carbocycles. The van der Waals surface area contributed by atoms with Crippen molar-refractivity contribution in [2.24, 2.45) is 5.92 Å². The van der Waals surface area contributed by atoms with Crippen molar-refractivity contribution >= 4 is 11.8 Å². The molecule has 28 heavy (non-hydrogen) atoms. The van der Waals surface area contributed by atoms with Gasteiger partial charge in [0.1, 0.15) is 6.33 Å². The molecule has 0 bridgehead atoms. The van der Waals surface area contributed by atoms with Gasteiger partial charge in [0.15, 0.2) is 5.82 Å². The van der Waals surface area contributed by atoms with Crippen molar-refractivity contribution in [1.82, 2.24) is 29.9 Å². The summed E-state index contributed by atoms with van der Waals surface area (Å²) < 4.78 is 1.96. The van der Waals surface area contributed by atoms with Crippen molar-refractivity contribution in [2.75, 3.05) is 26.7 Å². The third-order valence-corrected chi connectivity index (χ3v) is 6.04. The third-order valence-electron chi connectivity index (χ3n) is 6.04. The number of hydrogen-bond acceptors (Lipinski definition) is 5. The number of nitrogens with zero attached hydrogens (tertiary/aromatic N) is 5. The molecule has 2 amide bonds. The number of piperazine rings is 1. The second-order valence-corrected chi connectivity index (χ2v) is 8.51. The Hall–Kier alpha value is -1.96. The lowest BCUT2D eigenvalue weighted by Crippen LogP contribution is -2.57. The SMILES string of the molecule is CC(C)n1cnnc1CN(C)C(=O)C[C@H]1C(=O)NCCN1CC1CCCCC1. The number of amides is 2. The number of nitrogens with one attached hydrogen (secondary N) is 1. The van der Waals surface area contributed by atoms with Gasteiger partial charge in [-0.05, 0) is 32.6 Å². The molecule has 1 aliphatic heterocycles. The summed E-state index contributed by atoms with van der Waals surface area (Å²) in [5.74, 6) is 1.36. The van der Waals surface area contributed by atoms with E-state index in [1.54, 1.807) is 18.3 Å². The van der Waals surface area contributed by atoms with Gasteiger partial charge in [-0.3, -0.25) is 14.5 Å². The van der Waals surface area contributed by atoms with Crippen molar-refractivity contribution in [2.45, 2.75) is 71.0 Å². The Bertz CT molecular complexity index is 667. The molecule has 0 aromatic carbocycles. The normalized spacial score (nSPS) is 21.7. The quantitative estimate of drug-likeness (QED) is 0.764. The zero-order valence-corrected chi connectivity index (χ0v) is 17.4. The molecule has 8 heteroatoms. The van der Waals surface area contributed by atoms with E-state index in [0.717, 1.165) is 18.9 Å². The van der Waals surface area contributed by atoms with Gasteiger partial charge in [-0.15, -0.1) is 10.2 Å². The summed E-state index contributed by atoms with van der Waals surface area (Å²) in [6, 6.07) is -0.128. The highest BCUT2D eigenvalue weighted by molar-refractivity contribution is 5.88. The van der Waals surface area contributed by atoms with E-state index in [1.165, 1.54) is 32.1 Å². The smallest absolute Gasteiger partial charge is 0.237 e. The lowest BCUT2D eigenvalue weighted by Gasteiger charge is -2.38. The highest BCUT2D eigenvalue weighted by Crippen LogP contribution is 2.26. The summed E-state index contributed by atoms with van der Waals surface area (Å²) in [5, 5.41) is 11.0. The number of hydrogen-bond donors (Lipinski definition) is 1. The summed E-state index contributed by atoms with van der Waals surface area (Å²) in [6.07, 6.45) is 8.28. The van der Waals surface area contributed by atoms with Crippen LogP contribution in [0, 0.1) is 5.92 Å². The molecule has 1 aromatic rings. The van der Waals surface area contributed by atoms with E-state index in [1.807, 2.05) is 4.57 Å². The van der Waals surface area contributed by atoms with Gasteiger partial charge in [0.25, 0.3) is 0 Å². The van der Waals surface area contributed by atoms with Crippen LogP contribution in [0.3, 0.4) is 0 Å². The molecule has 1 N–H and O–H groups in total. The van der Waals surface area contributed by atoms with Gasteiger partial charge in [-0.2, -0.15) is 0 Å². The number of rotatable bonds is 7. The van der Waals surface area contributed by atoms with Crippen molar-refractivity contribution in [3.05, 3.63) is 12.2 Å². The van der Waals surface area contributed by atoms with Crippen molar-refractivity contribution in [3.63, 3.8) is 0 Å². The molecule has 2 fully saturated rings. The maximum Gasteiger partial charge on any atom is 0.237 e. The third kappa shape index (κ3) is 5.10. The Morgan fingerprint density at radius 3 is 2.79 bits per heavy atom. The molecule has 1 saturated heterocycles. The lowest BCUT2D eigenvalue weighted by atomic mass is 9.88. The van der Waals surface area contributed by atoms with E-state index < -0.39 is 0 Å². The van der Waals surface area contributed by atoms with Gasteiger partial charge in [-0.25, -0.2) is 0 Å². The first-order chi connectivity index (χ1) is 13.5. The van der Waals surface area contributed by atoms with E-state index in [-0.39, 0.29) is 30.3 Å². The number of carbonyl (C=O) groups is 2. The highest BCUT2D eigenvalue weighted by Gasteiger charge is 2.34. The van der Waals surface area contributed by atoms with E-state index in [9.17, 15) is 9.59 Å². The fourth-order valence-corrected chi connectivity index (χ4v) is 4.34. The fraction of sp³-hybridized carbons (Fsp3) is 0.800. The first-order valence-corrected chi connectivity index (χ1v) is 10.6.